The van der Waals surface area contributed by atoms with Crippen LogP contribution in [-0.2, 0) is 10.0 Å². The predicted octanol–water partition coefficient (Wildman–Crippen LogP) is 1.39. The van der Waals surface area contributed by atoms with Crippen molar-refractivity contribution in [3.63, 3.8) is 0 Å². The molecule has 4 nitrogen and oxygen atoms in total. The molecule has 2 rings (SSSR count). The number of hydrogen-bond acceptors (Lipinski definition) is 3. The molecule has 1 aromatic carbocycles. The van der Waals surface area contributed by atoms with Gasteiger partial charge < -0.3 is 5.32 Å². The second-order valence-corrected chi connectivity index (χ2v) is 6.70. The van der Waals surface area contributed by atoms with Crippen LogP contribution in [0, 0.1) is 11.6 Å². The molecule has 1 aliphatic rings. The van der Waals surface area contributed by atoms with Crippen LogP contribution in [0.5, 0.6) is 0 Å². The molecule has 0 amide bonds. The van der Waals surface area contributed by atoms with Crippen molar-refractivity contribution in [2.75, 3.05) is 13.1 Å². The molecular formula is C12H16F2N2O2S. The molecule has 106 valence electrons. The zero-order chi connectivity index (χ0) is 14.1. The van der Waals surface area contributed by atoms with Crippen molar-refractivity contribution in [3.05, 3.63) is 29.8 Å². The van der Waals surface area contributed by atoms with Gasteiger partial charge in [0.25, 0.3) is 0 Å². The number of rotatable bonds is 3. The van der Waals surface area contributed by atoms with Crippen LogP contribution in [0.2, 0.25) is 0 Å². The van der Waals surface area contributed by atoms with Crippen molar-refractivity contribution in [1.82, 2.24) is 10.0 Å². The van der Waals surface area contributed by atoms with Crippen molar-refractivity contribution in [2.24, 2.45) is 0 Å². The third kappa shape index (κ3) is 3.49. The maximum atomic E-state index is 13.1. The minimum Gasteiger partial charge on any atom is -0.317 e. The maximum Gasteiger partial charge on any atom is 0.241 e. The molecule has 0 unspecified atom stereocenters. The highest BCUT2D eigenvalue weighted by atomic mass is 32.2. The zero-order valence-corrected chi connectivity index (χ0v) is 11.4. The first-order valence-electron chi connectivity index (χ1n) is 6.02. The van der Waals surface area contributed by atoms with Crippen molar-refractivity contribution >= 4 is 10.0 Å². The Hall–Kier alpha value is -1.05. The van der Waals surface area contributed by atoms with E-state index in [-0.39, 0.29) is 4.90 Å². The van der Waals surface area contributed by atoms with Crippen molar-refractivity contribution < 1.29 is 17.2 Å². The van der Waals surface area contributed by atoms with Gasteiger partial charge in [0.1, 0.15) is 11.6 Å². The third-order valence-corrected chi connectivity index (χ3v) is 4.85. The Morgan fingerprint density at radius 1 is 1.16 bits per heavy atom. The van der Waals surface area contributed by atoms with Gasteiger partial charge in [-0.3, -0.25) is 0 Å². The lowest BCUT2D eigenvalue weighted by atomic mass is 9.92. The molecule has 7 heteroatoms. The predicted molar refractivity (Wildman–Crippen MR) is 67.2 cm³/mol. The highest BCUT2D eigenvalue weighted by Crippen LogP contribution is 2.22. The van der Waals surface area contributed by atoms with Gasteiger partial charge in [-0.2, -0.15) is 0 Å². The quantitative estimate of drug-likeness (QED) is 0.884. The van der Waals surface area contributed by atoms with E-state index in [9.17, 15) is 17.2 Å². The molecule has 1 heterocycles. The number of nitrogens with one attached hydrogen (secondary N) is 2. The van der Waals surface area contributed by atoms with Crippen LogP contribution in [0.1, 0.15) is 19.8 Å². The van der Waals surface area contributed by atoms with E-state index in [1.54, 1.807) is 6.92 Å². The average molecular weight is 290 g/mol. The summed E-state index contributed by atoms with van der Waals surface area (Å²) in [7, 11) is -3.92. The van der Waals surface area contributed by atoms with Crippen LogP contribution in [0.3, 0.4) is 0 Å². The molecule has 0 aliphatic carbocycles. The van der Waals surface area contributed by atoms with Gasteiger partial charge in [0, 0.05) is 11.6 Å². The van der Waals surface area contributed by atoms with Gasteiger partial charge in [0.15, 0.2) is 0 Å². The summed E-state index contributed by atoms with van der Waals surface area (Å²) < 4.78 is 53.0. The van der Waals surface area contributed by atoms with Gasteiger partial charge in [0.05, 0.1) is 4.90 Å². The fourth-order valence-electron chi connectivity index (χ4n) is 2.15. The van der Waals surface area contributed by atoms with Gasteiger partial charge in [-0.1, -0.05) is 0 Å². The maximum absolute atomic E-state index is 13.1. The van der Waals surface area contributed by atoms with Gasteiger partial charge >= 0.3 is 0 Å². The highest BCUT2D eigenvalue weighted by molar-refractivity contribution is 7.89. The molecule has 19 heavy (non-hydrogen) atoms. The molecule has 1 saturated heterocycles. The zero-order valence-electron chi connectivity index (χ0n) is 10.5. The first kappa shape index (κ1) is 14.4. The smallest absolute Gasteiger partial charge is 0.241 e. The molecule has 2 N–H and O–H groups in total. The van der Waals surface area contributed by atoms with Crippen molar-refractivity contribution in [2.45, 2.75) is 30.2 Å². The van der Waals surface area contributed by atoms with E-state index in [4.69, 9.17) is 0 Å². The van der Waals surface area contributed by atoms with Crippen LogP contribution >= 0.6 is 0 Å². The molecule has 0 atom stereocenters. The largest absolute Gasteiger partial charge is 0.317 e. The topological polar surface area (TPSA) is 58.2 Å². The van der Waals surface area contributed by atoms with Crippen molar-refractivity contribution in [1.29, 1.82) is 0 Å². The lowest BCUT2D eigenvalue weighted by molar-refractivity contribution is 0.308. The number of piperidine rings is 1. The van der Waals surface area contributed by atoms with Crippen LogP contribution in [-0.4, -0.2) is 27.0 Å². The number of sulfonamides is 1. The SMILES string of the molecule is CC1(NS(=O)(=O)c2cc(F)cc(F)c2)CCNCC1. The summed E-state index contributed by atoms with van der Waals surface area (Å²) in [6.45, 7) is 3.20. The second kappa shape index (κ2) is 5.15. The summed E-state index contributed by atoms with van der Waals surface area (Å²) in [4.78, 5) is -0.384. The minimum atomic E-state index is -3.92. The molecule has 0 bridgehead atoms. The van der Waals surface area contributed by atoms with Gasteiger partial charge in [-0.05, 0) is 45.0 Å². The number of halogens is 2. The van der Waals surface area contributed by atoms with E-state index in [2.05, 4.69) is 10.0 Å². The van der Waals surface area contributed by atoms with Crippen LogP contribution in [0.25, 0.3) is 0 Å². The standard InChI is InChI=1S/C12H16F2N2O2S/c1-12(2-4-15-5-3-12)16-19(17,18)11-7-9(13)6-10(14)8-11/h6-8,15-16H,2-5H2,1H3. The summed E-state index contributed by atoms with van der Waals surface area (Å²) in [6, 6.07) is 2.27. The Balaban J connectivity index is 2.27. The summed E-state index contributed by atoms with van der Waals surface area (Å²) in [5, 5.41) is 3.13. The fraction of sp³-hybridized carbons (Fsp3) is 0.500. The van der Waals surface area contributed by atoms with E-state index in [1.165, 1.54) is 0 Å². The Morgan fingerprint density at radius 2 is 1.68 bits per heavy atom. The third-order valence-electron chi connectivity index (χ3n) is 3.23. The summed E-state index contributed by atoms with van der Waals surface area (Å²) in [5.74, 6) is -1.81. The van der Waals surface area contributed by atoms with Crippen molar-refractivity contribution in [3.8, 4) is 0 Å². The second-order valence-electron chi connectivity index (χ2n) is 5.02. The molecule has 1 aliphatic heterocycles. The number of benzene rings is 1. The molecule has 0 radical (unpaired) electrons. The fourth-order valence-corrected chi connectivity index (χ4v) is 3.65. The highest BCUT2D eigenvalue weighted by Gasteiger charge is 2.32. The molecule has 0 spiro atoms. The number of hydrogen-bond donors (Lipinski definition) is 2. The summed E-state index contributed by atoms with van der Waals surface area (Å²) >= 11 is 0. The normalized spacial score (nSPS) is 19.3. The lowest BCUT2D eigenvalue weighted by Gasteiger charge is -2.34. The van der Waals surface area contributed by atoms with Gasteiger partial charge in [-0.15, -0.1) is 0 Å². The van der Waals surface area contributed by atoms with Crippen LogP contribution in [0.4, 0.5) is 8.78 Å². The molecular weight excluding hydrogens is 274 g/mol. The summed E-state index contributed by atoms with van der Waals surface area (Å²) in [6.07, 6.45) is 1.26. The lowest BCUT2D eigenvalue weighted by Crippen LogP contribution is -2.52. The Bertz CT molecular complexity index is 549. The summed E-state index contributed by atoms with van der Waals surface area (Å²) in [5.41, 5.74) is -0.590. The van der Waals surface area contributed by atoms with Gasteiger partial charge in [0.2, 0.25) is 10.0 Å². The molecule has 1 aromatic rings. The Labute approximate surface area is 111 Å². The molecule has 1 fully saturated rings. The van der Waals surface area contributed by atoms with Crippen LogP contribution < -0.4 is 10.0 Å². The first-order valence-corrected chi connectivity index (χ1v) is 7.50. The Kier molecular flexibility index (Phi) is 3.89. The van der Waals surface area contributed by atoms with E-state index in [0.29, 0.717) is 32.0 Å². The monoisotopic (exact) mass is 290 g/mol. The Morgan fingerprint density at radius 3 is 2.21 bits per heavy atom. The first-order chi connectivity index (χ1) is 8.81. The van der Waals surface area contributed by atoms with E-state index >= 15 is 0 Å². The average Bonchev–Trinajstić information content (AvgIpc) is 2.27. The molecule has 0 saturated carbocycles. The van der Waals surface area contributed by atoms with E-state index in [1.807, 2.05) is 0 Å². The van der Waals surface area contributed by atoms with Gasteiger partial charge in [-0.25, -0.2) is 21.9 Å². The molecule has 0 aromatic heterocycles. The van der Waals surface area contributed by atoms with Crippen LogP contribution in [0.15, 0.2) is 23.1 Å². The van der Waals surface area contributed by atoms with E-state index < -0.39 is 27.2 Å². The minimum absolute atomic E-state index is 0.384. The van der Waals surface area contributed by atoms with E-state index in [0.717, 1.165) is 12.1 Å².